The van der Waals surface area contributed by atoms with Crippen LogP contribution in [0.5, 0.6) is 0 Å². The van der Waals surface area contributed by atoms with Gasteiger partial charge in [-0.15, -0.1) is 0 Å². The molecule has 0 bridgehead atoms. The molecule has 0 saturated carbocycles. The highest BCUT2D eigenvalue weighted by Gasteiger charge is 2.30. The first kappa shape index (κ1) is 21.2. The van der Waals surface area contributed by atoms with Crippen LogP contribution >= 0.6 is 22.9 Å². The number of anilines is 2. The third-order valence-corrected chi connectivity index (χ3v) is 6.58. The molecule has 2 aromatic carbocycles. The molecule has 5 rings (SSSR count). The largest absolute Gasteiger partial charge is 0.279 e. The number of thiazole rings is 1. The van der Waals surface area contributed by atoms with Gasteiger partial charge in [-0.1, -0.05) is 29.0 Å². The van der Waals surface area contributed by atoms with E-state index in [9.17, 15) is 14.4 Å². The summed E-state index contributed by atoms with van der Waals surface area (Å²) in [6, 6.07) is 15.6. The number of nitrogens with zero attached hydrogens (tertiary/aromatic N) is 4. The number of hydrogen-bond donors (Lipinski definition) is 0. The Balaban J connectivity index is 1.49. The molecule has 0 atom stereocenters. The standard InChI is InChI=1S/C24H17ClN4O3S/c25-17-5-8-19-20(12-17)33-24(27-19)28(14-15-2-1-11-26-13-15)23(32)16-3-6-18(7-4-16)29-21(30)9-10-22(29)31/h1-8,11-13H,9-10,14H2. The number of benzene rings is 2. The summed E-state index contributed by atoms with van der Waals surface area (Å²) in [7, 11) is 0. The molecular formula is C24H17ClN4O3S. The predicted octanol–water partition coefficient (Wildman–Crippen LogP) is 4.85. The number of halogens is 1. The Hall–Kier alpha value is -3.62. The molecule has 3 heterocycles. The van der Waals surface area contributed by atoms with Gasteiger partial charge in [0.2, 0.25) is 11.8 Å². The van der Waals surface area contributed by atoms with E-state index >= 15 is 0 Å². The topological polar surface area (TPSA) is 83.5 Å². The first-order valence-corrected chi connectivity index (χ1v) is 11.4. The first-order valence-electron chi connectivity index (χ1n) is 10.2. The highest BCUT2D eigenvalue weighted by atomic mass is 35.5. The van der Waals surface area contributed by atoms with Crippen molar-refractivity contribution in [2.75, 3.05) is 9.80 Å². The molecular weight excluding hydrogens is 460 g/mol. The summed E-state index contributed by atoms with van der Waals surface area (Å²) in [5.41, 5.74) is 2.49. The lowest BCUT2D eigenvalue weighted by Gasteiger charge is -2.20. The van der Waals surface area contributed by atoms with Crippen LogP contribution in [0.2, 0.25) is 5.02 Å². The number of amides is 3. The number of carbonyl (C=O) groups excluding carboxylic acids is 3. The van der Waals surface area contributed by atoms with Crippen LogP contribution in [-0.4, -0.2) is 27.7 Å². The maximum absolute atomic E-state index is 13.6. The number of imide groups is 1. The zero-order valence-electron chi connectivity index (χ0n) is 17.3. The highest BCUT2D eigenvalue weighted by Crippen LogP contribution is 2.33. The molecule has 0 N–H and O–H groups in total. The van der Waals surface area contributed by atoms with E-state index in [4.69, 9.17) is 11.6 Å². The summed E-state index contributed by atoms with van der Waals surface area (Å²) < 4.78 is 0.878. The molecule has 1 aliphatic rings. The van der Waals surface area contributed by atoms with Gasteiger partial charge in [-0.2, -0.15) is 0 Å². The average Bonchev–Trinajstić information content (AvgIpc) is 3.40. The summed E-state index contributed by atoms with van der Waals surface area (Å²) in [5.74, 6) is -0.717. The molecule has 7 nitrogen and oxygen atoms in total. The molecule has 3 amide bonds. The summed E-state index contributed by atoms with van der Waals surface area (Å²) in [5, 5.41) is 1.14. The summed E-state index contributed by atoms with van der Waals surface area (Å²) >= 11 is 7.50. The second kappa shape index (κ2) is 8.73. The first-order chi connectivity index (χ1) is 16.0. The lowest BCUT2D eigenvalue weighted by Crippen LogP contribution is -2.31. The Labute approximate surface area is 198 Å². The number of carbonyl (C=O) groups is 3. The molecule has 9 heteroatoms. The highest BCUT2D eigenvalue weighted by molar-refractivity contribution is 7.22. The Kier molecular flexibility index (Phi) is 5.62. The van der Waals surface area contributed by atoms with Crippen LogP contribution in [0, 0.1) is 0 Å². The number of pyridine rings is 1. The van der Waals surface area contributed by atoms with E-state index in [1.807, 2.05) is 24.3 Å². The van der Waals surface area contributed by atoms with Crippen molar-refractivity contribution in [1.29, 1.82) is 0 Å². The average molecular weight is 477 g/mol. The van der Waals surface area contributed by atoms with Crippen LogP contribution in [0.15, 0.2) is 67.0 Å². The molecule has 0 spiro atoms. The van der Waals surface area contributed by atoms with Gasteiger partial charge >= 0.3 is 0 Å². The minimum atomic E-state index is -0.255. The molecule has 0 aliphatic carbocycles. The fourth-order valence-electron chi connectivity index (χ4n) is 3.68. The van der Waals surface area contributed by atoms with Gasteiger partial charge < -0.3 is 0 Å². The molecule has 33 heavy (non-hydrogen) atoms. The Morgan fingerprint density at radius 1 is 1.06 bits per heavy atom. The van der Waals surface area contributed by atoms with Crippen molar-refractivity contribution >= 4 is 61.7 Å². The predicted molar refractivity (Wildman–Crippen MR) is 128 cm³/mol. The number of aromatic nitrogens is 2. The van der Waals surface area contributed by atoms with Crippen molar-refractivity contribution in [3.63, 3.8) is 0 Å². The van der Waals surface area contributed by atoms with Gasteiger partial charge in [0.05, 0.1) is 22.4 Å². The van der Waals surface area contributed by atoms with Crippen molar-refractivity contribution < 1.29 is 14.4 Å². The van der Waals surface area contributed by atoms with Crippen LogP contribution in [0.1, 0.15) is 28.8 Å². The number of fused-ring (bicyclic) bond motifs is 1. The van der Waals surface area contributed by atoms with Gasteiger partial charge in [0.25, 0.3) is 5.91 Å². The maximum Gasteiger partial charge on any atom is 0.260 e. The molecule has 1 aliphatic heterocycles. The zero-order chi connectivity index (χ0) is 22.9. The van der Waals surface area contributed by atoms with Crippen molar-refractivity contribution in [3.05, 3.63) is 83.1 Å². The van der Waals surface area contributed by atoms with E-state index in [0.717, 1.165) is 15.8 Å². The lowest BCUT2D eigenvalue weighted by atomic mass is 10.1. The molecule has 0 unspecified atom stereocenters. The normalized spacial score (nSPS) is 13.7. The van der Waals surface area contributed by atoms with E-state index in [2.05, 4.69) is 9.97 Å². The fraction of sp³-hybridized carbons (Fsp3) is 0.125. The van der Waals surface area contributed by atoms with Crippen LogP contribution in [0.3, 0.4) is 0 Å². The third-order valence-electron chi connectivity index (χ3n) is 5.30. The van der Waals surface area contributed by atoms with Crippen molar-refractivity contribution in [2.45, 2.75) is 19.4 Å². The molecule has 1 fully saturated rings. The second-order valence-corrected chi connectivity index (χ2v) is 8.98. The SMILES string of the molecule is O=C(c1ccc(N2C(=O)CCC2=O)cc1)N(Cc1cccnc1)c1nc2ccc(Cl)cc2s1. The van der Waals surface area contributed by atoms with Crippen LogP contribution < -0.4 is 9.80 Å². The van der Waals surface area contributed by atoms with Gasteiger partial charge in [-0.25, -0.2) is 4.98 Å². The lowest BCUT2D eigenvalue weighted by molar-refractivity contribution is -0.121. The summed E-state index contributed by atoms with van der Waals surface area (Å²) in [4.78, 5) is 49.1. The van der Waals surface area contributed by atoms with Crippen molar-refractivity contribution in [1.82, 2.24) is 9.97 Å². The minimum absolute atomic E-state index is 0.208. The smallest absolute Gasteiger partial charge is 0.260 e. The monoisotopic (exact) mass is 476 g/mol. The van der Waals surface area contributed by atoms with Gasteiger partial charge in [0, 0.05) is 35.8 Å². The quantitative estimate of drug-likeness (QED) is 0.385. The fourth-order valence-corrected chi connectivity index (χ4v) is 4.92. The van der Waals surface area contributed by atoms with Crippen LogP contribution in [0.4, 0.5) is 10.8 Å². The molecule has 164 valence electrons. The summed E-state index contributed by atoms with van der Waals surface area (Å²) in [6.45, 7) is 0.283. The summed E-state index contributed by atoms with van der Waals surface area (Å²) in [6.07, 6.45) is 3.80. The molecule has 0 radical (unpaired) electrons. The van der Waals surface area contributed by atoms with E-state index in [1.165, 1.54) is 16.2 Å². The Bertz CT molecular complexity index is 1360. The van der Waals surface area contributed by atoms with E-state index in [-0.39, 0.29) is 37.1 Å². The zero-order valence-corrected chi connectivity index (χ0v) is 18.8. The molecule has 1 saturated heterocycles. The van der Waals surface area contributed by atoms with Crippen LogP contribution in [-0.2, 0) is 16.1 Å². The Morgan fingerprint density at radius 2 is 1.82 bits per heavy atom. The van der Waals surface area contributed by atoms with Gasteiger partial charge in [0.15, 0.2) is 5.13 Å². The van der Waals surface area contributed by atoms with E-state index in [0.29, 0.717) is 21.4 Å². The van der Waals surface area contributed by atoms with E-state index < -0.39 is 0 Å². The third kappa shape index (κ3) is 4.22. The van der Waals surface area contributed by atoms with Gasteiger partial charge in [-0.3, -0.25) is 29.2 Å². The van der Waals surface area contributed by atoms with Crippen LogP contribution in [0.25, 0.3) is 10.2 Å². The van der Waals surface area contributed by atoms with Crippen molar-refractivity contribution in [2.24, 2.45) is 0 Å². The van der Waals surface area contributed by atoms with Gasteiger partial charge in [-0.05, 0) is 54.1 Å². The van der Waals surface area contributed by atoms with E-state index in [1.54, 1.807) is 47.6 Å². The van der Waals surface area contributed by atoms with Gasteiger partial charge in [0.1, 0.15) is 0 Å². The van der Waals surface area contributed by atoms with Crippen molar-refractivity contribution in [3.8, 4) is 0 Å². The minimum Gasteiger partial charge on any atom is -0.279 e. The number of rotatable bonds is 5. The second-order valence-electron chi connectivity index (χ2n) is 7.53. The Morgan fingerprint density at radius 3 is 2.52 bits per heavy atom. The number of hydrogen-bond acceptors (Lipinski definition) is 6. The molecule has 2 aromatic heterocycles. The molecule has 4 aromatic rings. The maximum atomic E-state index is 13.6.